The first-order chi connectivity index (χ1) is 13.9. The van der Waals surface area contributed by atoms with Crippen molar-refractivity contribution < 1.29 is 17.6 Å². The number of fused-ring (bicyclic) bond motifs is 1. The lowest BCUT2D eigenvalue weighted by Gasteiger charge is -2.20. The number of nitrogens with one attached hydrogen (secondary N) is 1. The number of benzene rings is 3. The topological polar surface area (TPSA) is 66.5 Å². The number of nitrogens with zero attached hydrogens (tertiary/aromatic N) is 1. The lowest BCUT2D eigenvalue weighted by Crippen LogP contribution is -2.29. The van der Waals surface area contributed by atoms with Crippen molar-refractivity contribution in [3.05, 3.63) is 88.1 Å². The molecule has 0 radical (unpaired) electrons. The van der Waals surface area contributed by atoms with E-state index in [1.54, 1.807) is 36.4 Å². The SMILES string of the molecule is O=C(Nc1ccccc1Br)c1cc(S(=O)(=O)N2CCc3ccccc32)ccc1F. The fourth-order valence-electron chi connectivity index (χ4n) is 3.28. The van der Waals surface area contributed by atoms with Crippen LogP contribution >= 0.6 is 15.9 Å². The Kier molecular flexibility index (Phi) is 5.14. The van der Waals surface area contributed by atoms with E-state index in [4.69, 9.17) is 0 Å². The zero-order valence-corrected chi connectivity index (χ0v) is 17.5. The average molecular weight is 475 g/mol. The second-order valence-electron chi connectivity index (χ2n) is 6.53. The van der Waals surface area contributed by atoms with Gasteiger partial charge in [-0.3, -0.25) is 9.10 Å². The number of sulfonamides is 1. The van der Waals surface area contributed by atoms with Gasteiger partial charge in [-0.05, 0) is 64.3 Å². The summed E-state index contributed by atoms with van der Waals surface area (Å²) in [4.78, 5) is 12.5. The molecule has 0 aliphatic carbocycles. The van der Waals surface area contributed by atoms with Crippen molar-refractivity contribution >= 4 is 43.2 Å². The molecule has 1 aliphatic rings. The van der Waals surface area contributed by atoms with Crippen molar-refractivity contribution in [2.45, 2.75) is 11.3 Å². The van der Waals surface area contributed by atoms with Gasteiger partial charge in [0, 0.05) is 11.0 Å². The first kappa shape index (κ1) is 19.6. The largest absolute Gasteiger partial charge is 0.321 e. The van der Waals surface area contributed by atoms with Gasteiger partial charge in [-0.25, -0.2) is 12.8 Å². The minimum Gasteiger partial charge on any atom is -0.321 e. The molecule has 0 spiro atoms. The van der Waals surface area contributed by atoms with Gasteiger partial charge < -0.3 is 5.32 Å². The molecule has 148 valence electrons. The Morgan fingerprint density at radius 2 is 1.76 bits per heavy atom. The predicted molar refractivity (Wildman–Crippen MR) is 113 cm³/mol. The van der Waals surface area contributed by atoms with Gasteiger partial charge in [0.25, 0.3) is 15.9 Å². The van der Waals surface area contributed by atoms with Gasteiger partial charge in [0.05, 0.1) is 21.8 Å². The summed E-state index contributed by atoms with van der Waals surface area (Å²) in [6.45, 7) is 0.303. The lowest BCUT2D eigenvalue weighted by molar-refractivity contribution is 0.102. The number of halogens is 2. The number of amides is 1. The second-order valence-corrected chi connectivity index (χ2v) is 9.25. The molecule has 0 aromatic heterocycles. The third kappa shape index (κ3) is 3.65. The molecule has 1 heterocycles. The highest BCUT2D eigenvalue weighted by molar-refractivity contribution is 9.10. The zero-order chi connectivity index (χ0) is 20.6. The van der Waals surface area contributed by atoms with Crippen LogP contribution in [0.1, 0.15) is 15.9 Å². The summed E-state index contributed by atoms with van der Waals surface area (Å²) >= 11 is 3.31. The number of rotatable bonds is 4. The van der Waals surface area contributed by atoms with Crippen LogP contribution in [0, 0.1) is 5.82 Å². The van der Waals surface area contributed by atoms with Gasteiger partial charge >= 0.3 is 0 Å². The van der Waals surface area contributed by atoms with Crippen LogP contribution in [0.3, 0.4) is 0 Å². The van der Waals surface area contributed by atoms with Crippen LogP contribution in [0.15, 0.2) is 76.1 Å². The van der Waals surface area contributed by atoms with E-state index < -0.39 is 21.7 Å². The van der Waals surface area contributed by atoms with Gasteiger partial charge in [-0.1, -0.05) is 30.3 Å². The number of carbonyl (C=O) groups is 1. The molecule has 1 aliphatic heterocycles. The van der Waals surface area contributed by atoms with Gasteiger partial charge in [0.1, 0.15) is 5.82 Å². The van der Waals surface area contributed by atoms with E-state index >= 15 is 0 Å². The zero-order valence-electron chi connectivity index (χ0n) is 15.1. The summed E-state index contributed by atoms with van der Waals surface area (Å²) in [5, 5.41) is 2.60. The summed E-state index contributed by atoms with van der Waals surface area (Å²) in [7, 11) is -3.93. The molecular weight excluding hydrogens is 459 g/mol. The van der Waals surface area contributed by atoms with Gasteiger partial charge in [0.15, 0.2) is 0 Å². The predicted octanol–water partition coefficient (Wildman–Crippen LogP) is 4.59. The Labute approximate surface area is 176 Å². The van der Waals surface area contributed by atoms with Crippen molar-refractivity contribution in [1.29, 1.82) is 0 Å². The summed E-state index contributed by atoms with van der Waals surface area (Å²) in [6.07, 6.45) is 0.603. The van der Waals surface area contributed by atoms with E-state index in [1.165, 1.54) is 10.4 Å². The maximum atomic E-state index is 14.3. The molecular formula is C21H16BrFN2O3S. The van der Waals surface area contributed by atoms with Crippen molar-refractivity contribution in [2.75, 3.05) is 16.2 Å². The molecule has 0 fully saturated rings. The van der Waals surface area contributed by atoms with Crippen molar-refractivity contribution in [2.24, 2.45) is 0 Å². The number of hydrogen-bond acceptors (Lipinski definition) is 3. The van der Waals surface area contributed by atoms with Crippen molar-refractivity contribution in [3.63, 3.8) is 0 Å². The fourth-order valence-corrected chi connectivity index (χ4v) is 5.19. The Balaban J connectivity index is 1.68. The number of anilines is 2. The minimum absolute atomic E-state index is 0.132. The van der Waals surface area contributed by atoms with E-state index in [9.17, 15) is 17.6 Å². The Bertz CT molecular complexity index is 1210. The molecule has 1 N–H and O–H groups in total. The smallest absolute Gasteiger partial charge is 0.264 e. The summed E-state index contributed by atoms with van der Waals surface area (Å²) in [5.74, 6) is -1.52. The Morgan fingerprint density at radius 3 is 2.55 bits per heavy atom. The molecule has 0 unspecified atom stereocenters. The van der Waals surface area contributed by atoms with Crippen LogP contribution in [-0.2, 0) is 16.4 Å². The number of hydrogen-bond donors (Lipinski definition) is 1. The van der Waals surface area contributed by atoms with Crippen LogP contribution in [-0.4, -0.2) is 20.9 Å². The van der Waals surface area contributed by atoms with Crippen LogP contribution in [0.4, 0.5) is 15.8 Å². The minimum atomic E-state index is -3.93. The normalized spacial score (nSPS) is 13.2. The van der Waals surface area contributed by atoms with Crippen LogP contribution < -0.4 is 9.62 Å². The van der Waals surface area contributed by atoms with Crippen molar-refractivity contribution in [3.8, 4) is 0 Å². The maximum absolute atomic E-state index is 14.3. The molecule has 0 saturated heterocycles. The molecule has 1 amide bonds. The first-order valence-electron chi connectivity index (χ1n) is 8.84. The molecule has 0 saturated carbocycles. The highest BCUT2D eigenvalue weighted by atomic mass is 79.9. The molecule has 0 bridgehead atoms. The summed E-state index contributed by atoms with van der Waals surface area (Å²) in [5.41, 5.74) is 1.66. The summed E-state index contributed by atoms with van der Waals surface area (Å²) < 4.78 is 42.6. The first-order valence-corrected chi connectivity index (χ1v) is 11.1. The maximum Gasteiger partial charge on any atom is 0.264 e. The van der Waals surface area contributed by atoms with E-state index in [0.29, 0.717) is 28.8 Å². The fraction of sp³-hybridized carbons (Fsp3) is 0.0952. The molecule has 29 heavy (non-hydrogen) atoms. The molecule has 3 aromatic carbocycles. The highest BCUT2D eigenvalue weighted by Crippen LogP contribution is 2.33. The van der Waals surface area contributed by atoms with Crippen LogP contribution in [0.25, 0.3) is 0 Å². The highest BCUT2D eigenvalue weighted by Gasteiger charge is 2.31. The monoisotopic (exact) mass is 474 g/mol. The second kappa shape index (κ2) is 7.61. The number of para-hydroxylation sites is 2. The van der Waals surface area contributed by atoms with E-state index in [-0.39, 0.29) is 10.5 Å². The Morgan fingerprint density at radius 1 is 1.03 bits per heavy atom. The third-order valence-electron chi connectivity index (χ3n) is 4.74. The molecule has 3 aromatic rings. The van der Waals surface area contributed by atoms with Gasteiger partial charge in [-0.2, -0.15) is 0 Å². The van der Waals surface area contributed by atoms with E-state index in [1.807, 2.05) is 12.1 Å². The molecule has 4 rings (SSSR count). The quantitative estimate of drug-likeness (QED) is 0.601. The standard InChI is InChI=1S/C21H16BrFN2O3S/c22-17-6-2-3-7-19(17)24-21(26)16-13-15(9-10-18(16)23)29(27,28)25-12-11-14-5-1-4-8-20(14)25/h1-10,13H,11-12H2,(H,24,26). The molecule has 8 heteroatoms. The van der Waals surface area contributed by atoms with Crippen LogP contribution in [0.5, 0.6) is 0 Å². The van der Waals surface area contributed by atoms with E-state index in [0.717, 1.165) is 17.7 Å². The Hall–Kier alpha value is -2.71. The molecule has 0 atom stereocenters. The molecule has 5 nitrogen and oxygen atoms in total. The average Bonchev–Trinajstić information content (AvgIpc) is 3.15. The van der Waals surface area contributed by atoms with Gasteiger partial charge in [0.2, 0.25) is 0 Å². The van der Waals surface area contributed by atoms with Crippen LogP contribution in [0.2, 0.25) is 0 Å². The van der Waals surface area contributed by atoms with E-state index in [2.05, 4.69) is 21.2 Å². The number of carbonyl (C=O) groups excluding carboxylic acids is 1. The van der Waals surface area contributed by atoms with Gasteiger partial charge in [-0.15, -0.1) is 0 Å². The summed E-state index contributed by atoms with van der Waals surface area (Å²) in [6, 6.07) is 17.4. The van der Waals surface area contributed by atoms with Crippen molar-refractivity contribution in [1.82, 2.24) is 0 Å². The third-order valence-corrected chi connectivity index (χ3v) is 7.24. The lowest BCUT2D eigenvalue weighted by atomic mass is 10.2.